The van der Waals surface area contributed by atoms with E-state index in [1.807, 2.05) is 30.3 Å². The molecular formula is C14H17NO2. The number of hydrogen-bond donors (Lipinski definition) is 0. The lowest BCUT2D eigenvalue weighted by atomic mass is 9.95. The second-order valence-electron chi connectivity index (χ2n) is 3.79. The third-order valence-electron chi connectivity index (χ3n) is 2.54. The Morgan fingerprint density at radius 3 is 2.71 bits per heavy atom. The van der Waals surface area contributed by atoms with Gasteiger partial charge in [0, 0.05) is 6.42 Å². The lowest BCUT2D eigenvalue weighted by Gasteiger charge is -2.08. The first-order valence-electron chi connectivity index (χ1n) is 5.88. The zero-order valence-electron chi connectivity index (χ0n) is 10.1. The number of nitriles is 1. The van der Waals surface area contributed by atoms with Gasteiger partial charge in [-0.15, -0.1) is 0 Å². The predicted molar refractivity (Wildman–Crippen MR) is 65.3 cm³/mol. The lowest BCUT2D eigenvalue weighted by molar-refractivity contribution is -0.143. The summed E-state index contributed by atoms with van der Waals surface area (Å²) in [7, 11) is 0. The maximum Gasteiger partial charge on any atom is 0.305 e. The van der Waals surface area contributed by atoms with Gasteiger partial charge in [-0.3, -0.25) is 4.79 Å². The van der Waals surface area contributed by atoms with Crippen molar-refractivity contribution in [2.45, 2.75) is 32.1 Å². The highest BCUT2D eigenvalue weighted by Gasteiger charge is 2.11. The fourth-order valence-corrected chi connectivity index (χ4v) is 1.67. The SMILES string of the molecule is CCOC(=O)CCC[C@@H](C#N)c1ccccc1. The van der Waals surface area contributed by atoms with Crippen molar-refractivity contribution in [3.63, 3.8) is 0 Å². The fraction of sp³-hybridized carbons (Fsp3) is 0.429. The molecule has 3 heteroatoms. The molecule has 0 aliphatic carbocycles. The molecule has 0 fully saturated rings. The van der Waals surface area contributed by atoms with E-state index in [4.69, 9.17) is 10.00 Å². The van der Waals surface area contributed by atoms with Crippen LogP contribution in [0.3, 0.4) is 0 Å². The number of carbonyl (C=O) groups is 1. The number of ether oxygens (including phenoxy) is 1. The van der Waals surface area contributed by atoms with Crippen molar-refractivity contribution < 1.29 is 9.53 Å². The van der Waals surface area contributed by atoms with Crippen molar-refractivity contribution in [1.29, 1.82) is 5.26 Å². The van der Waals surface area contributed by atoms with E-state index in [9.17, 15) is 4.79 Å². The Morgan fingerprint density at radius 2 is 2.12 bits per heavy atom. The van der Waals surface area contributed by atoms with Crippen LogP contribution in [0.2, 0.25) is 0 Å². The molecule has 0 saturated carbocycles. The molecule has 0 amide bonds. The third kappa shape index (κ3) is 4.69. The molecule has 0 spiro atoms. The minimum atomic E-state index is -0.183. The first kappa shape index (κ1) is 13.2. The first-order valence-corrected chi connectivity index (χ1v) is 5.88. The average molecular weight is 231 g/mol. The van der Waals surface area contributed by atoms with Crippen LogP contribution < -0.4 is 0 Å². The topological polar surface area (TPSA) is 50.1 Å². The molecule has 0 saturated heterocycles. The van der Waals surface area contributed by atoms with Crippen LogP contribution in [0.4, 0.5) is 0 Å². The third-order valence-corrected chi connectivity index (χ3v) is 2.54. The highest BCUT2D eigenvalue weighted by molar-refractivity contribution is 5.69. The van der Waals surface area contributed by atoms with Gasteiger partial charge in [0.05, 0.1) is 18.6 Å². The van der Waals surface area contributed by atoms with Gasteiger partial charge in [0.1, 0.15) is 0 Å². The summed E-state index contributed by atoms with van der Waals surface area (Å²) in [6.45, 7) is 2.21. The molecule has 0 aliphatic rings. The molecule has 90 valence electrons. The maximum atomic E-state index is 11.1. The van der Waals surface area contributed by atoms with Crippen LogP contribution in [0.5, 0.6) is 0 Å². The van der Waals surface area contributed by atoms with Gasteiger partial charge in [0.15, 0.2) is 0 Å². The number of benzene rings is 1. The van der Waals surface area contributed by atoms with Gasteiger partial charge in [-0.2, -0.15) is 5.26 Å². The van der Waals surface area contributed by atoms with E-state index in [1.54, 1.807) is 6.92 Å². The Hall–Kier alpha value is -1.82. The van der Waals surface area contributed by atoms with Gasteiger partial charge in [-0.1, -0.05) is 30.3 Å². The fourth-order valence-electron chi connectivity index (χ4n) is 1.67. The van der Waals surface area contributed by atoms with Gasteiger partial charge in [0.25, 0.3) is 0 Å². The smallest absolute Gasteiger partial charge is 0.305 e. The van der Waals surface area contributed by atoms with Crippen molar-refractivity contribution in [3.8, 4) is 6.07 Å². The molecule has 0 bridgehead atoms. The van der Waals surface area contributed by atoms with Crippen LogP contribution in [0.1, 0.15) is 37.7 Å². The second kappa shape index (κ2) is 7.45. The molecule has 0 aliphatic heterocycles. The van der Waals surface area contributed by atoms with E-state index in [0.29, 0.717) is 25.9 Å². The number of hydrogen-bond acceptors (Lipinski definition) is 3. The van der Waals surface area contributed by atoms with Gasteiger partial charge in [-0.25, -0.2) is 0 Å². The van der Waals surface area contributed by atoms with Crippen molar-refractivity contribution >= 4 is 5.97 Å². The summed E-state index contributed by atoms with van der Waals surface area (Å²) < 4.78 is 4.84. The molecule has 17 heavy (non-hydrogen) atoms. The van der Waals surface area contributed by atoms with E-state index in [2.05, 4.69) is 6.07 Å². The Morgan fingerprint density at radius 1 is 1.41 bits per heavy atom. The molecule has 1 atom stereocenters. The predicted octanol–water partition coefficient (Wildman–Crippen LogP) is 3.03. The lowest BCUT2D eigenvalue weighted by Crippen LogP contribution is -2.04. The molecule has 3 nitrogen and oxygen atoms in total. The van der Waals surface area contributed by atoms with Crippen LogP contribution in [0.15, 0.2) is 30.3 Å². The molecule has 1 rings (SSSR count). The van der Waals surface area contributed by atoms with Crippen molar-refractivity contribution in [2.24, 2.45) is 0 Å². The van der Waals surface area contributed by atoms with Crippen LogP contribution >= 0.6 is 0 Å². The van der Waals surface area contributed by atoms with E-state index in [-0.39, 0.29) is 11.9 Å². The molecule has 1 aromatic carbocycles. The normalized spacial score (nSPS) is 11.5. The summed E-state index contributed by atoms with van der Waals surface area (Å²) in [4.78, 5) is 11.1. The summed E-state index contributed by atoms with van der Waals surface area (Å²) in [5.41, 5.74) is 1.01. The molecule has 0 radical (unpaired) electrons. The van der Waals surface area contributed by atoms with E-state index >= 15 is 0 Å². The molecule has 0 N–H and O–H groups in total. The van der Waals surface area contributed by atoms with Gasteiger partial charge in [0.2, 0.25) is 0 Å². The summed E-state index contributed by atoms with van der Waals surface area (Å²) in [6.07, 6.45) is 1.77. The van der Waals surface area contributed by atoms with E-state index < -0.39 is 0 Å². The molecule has 0 aromatic heterocycles. The standard InChI is InChI=1S/C14H17NO2/c1-2-17-14(16)10-6-9-13(11-15)12-7-4-3-5-8-12/h3-5,7-8,13H,2,6,9-10H2,1H3/t13-/m0/s1. The summed E-state index contributed by atoms with van der Waals surface area (Å²) >= 11 is 0. The van der Waals surface area contributed by atoms with Crippen molar-refractivity contribution in [1.82, 2.24) is 0 Å². The van der Waals surface area contributed by atoms with Gasteiger partial charge < -0.3 is 4.74 Å². The molecule has 0 heterocycles. The zero-order chi connectivity index (χ0) is 12.5. The average Bonchev–Trinajstić information content (AvgIpc) is 2.36. The van der Waals surface area contributed by atoms with Crippen molar-refractivity contribution in [2.75, 3.05) is 6.61 Å². The Bertz CT molecular complexity index is 381. The van der Waals surface area contributed by atoms with Crippen LogP contribution in [-0.2, 0) is 9.53 Å². The van der Waals surface area contributed by atoms with Crippen LogP contribution in [-0.4, -0.2) is 12.6 Å². The van der Waals surface area contributed by atoms with Crippen LogP contribution in [0.25, 0.3) is 0 Å². The summed E-state index contributed by atoms with van der Waals surface area (Å²) in [6, 6.07) is 11.9. The Kier molecular flexibility index (Phi) is 5.81. The zero-order valence-corrected chi connectivity index (χ0v) is 10.1. The van der Waals surface area contributed by atoms with Crippen LogP contribution in [0, 0.1) is 11.3 Å². The Balaban J connectivity index is 2.39. The Labute approximate surface area is 102 Å². The molecule has 1 aromatic rings. The van der Waals surface area contributed by atoms with E-state index in [1.165, 1.54) is 0 Å². The quantitative estimate of drug-likeness (QED) is 0.707. The highest BCUT2D eigenvalue weighted by Crippen LogP contribution is 2.20. The monoisotopic (exact) mass is 231 g/mol. The number of rotatable bonds is 6. The highest BCUT2D eigenvalue weighted by atomic mass is 16.5. The van der Waals surface area contributed by atoms with Crippen molar-refractivity contribution in [3.05, 3.63) is 35.9 Å². The number of carbonyl (C=O) groups excluding carboxylic acids is 1. The second-order valence-corrected chi connectivity index (χ2v) is 3.79. The minimum Gasteiger partial charge on any atom is -0.466 e. The minimum absolute atomic E-state index is 0.134. The first-order chi connectivity index (χ1) is 8.27. The van der Waals surface area contributed by atoms with Gasteiger partial charge >= 0.3 is 5.97 Å². The largest absolute Gasteiger partial charge is 0.466 e. The summed E-state index contributed by atoms with van der Waals surface area (Å²) in [5, 5.41) is 9.08. The maximum absolute atomic E-state index is 11.1. The molecule has 0 unspecified atom stereocenters. The summed E-state index contributed by atoms with van der Waals surface area (Å²) in [5.74, 6) is -0.317. The molecular weight excluding hydrogens is 214 g/mol. The number of nitrogens with zero attached hydrogens (tertiary/aromatic N) is 1. The number of esters is 1. The van der Waals surface area contributed by atoms with E-state index in [0.717, 1.165) is 5.56 Å². The van der Waals surface area contributed by atoms with Gasteiger partial charge in [-0.05, 0) is 25.3 Å².